The minimum atomic E-state index is -1.50. The summed E-state index contributed by atoms with van der Waals surface area (Å²) in [5, 5.41) is 18.2. The normalized spacial score (nSPS) is 17.8. The Morgan fingerprint density at radius 3 is 2.82 bits per heavy atom. The molecule has 2 heterocycles. The number of rotatable bonds is 3. The Morgan fingerprint density at radius 1 is 1.47 bits per heavy atom. The van der Waals surface area contributed by atoms with Crippen molar-refractivity contribution in [3.63, 3.8) is 0 Å². The number of carboxylic acids is 1. The number of aliphatic hydroxyl groups is 1. The molecule has 1 aliphatic heterocycles. The van der Waals surface area contributed by atoms with Crippen molar-refractivity contribution in [3.8, 4) is 0 Å². The van der Waals surface area contributed by atoms with Crippen LogP contribution in [0.5, 0.6) is 0 Å². The maximum absolute atomic E-state index is 10.7. The first-order valence-electron chi connectivity index (χ1n) is 5.38. The predicted octanol–water partition coefficient (Wildman–Crippen LogP) is 0.0362. The number of ether oxygens (including phenoxy) is 1. The second-order valence-electron chi connectivity index (χ2n) is 3.79. The number of morpholine rings is 1. The smallest absolute Gasteiger partial charge is 0.337 e. The molecule has 1 unspecified atom stereocenters. The SMILES string of the molecule is O=C(O)C(O)c1ccnc(N2CCOCC2)c1. The Hall–Kier alpha value is -1.66. The summed E-state index contributed by atoms with van der Waals surface area (Å²) in [5.41, 5.74) is 0.342. The Balaban J connectivity index is 2.18. The number of carboxylic acid groups (broad SMARTS) is 1. The van der Waals surface area contributed by atoms with Gasteiger partial charge in [-0.25, -0.2) is 9.78 Å². The zero-order valence-electron chi connectivity index (χ0n) is 9.24. The zero-order valence-corrected chi connectivity index (χ0v) is 9.24. The molecule has 1 saturated heterocycles. The molecular weight excluding hydrogens is 224 g/mol. The van der Waals surface area contributed by atoms with Crippen molar-refractivity contribution in [3.05, 3.63) is 23.9 Å². The van der Waals surface area contributed by atoms with Crippen LogP contribution in [-0.4, -0.2) is 47.5 Å². The second-order valence-corrected chi connectivity index (χ2v) is 3.79. The van der Waals surface area contributed by atoms with Gasteiger partial charge in [0, 0.05) is 19.3 Å². The average molecular weight is 238 g/mol. The van der Waals surface area contributed by atoms with E-state index in [1.165, 1.54) is 12.3 Å². The quantitative estimate of drug-likeness (QED) is 0.773. The third-order valence-electron chi connectivity index (χ3n) is 2.65. The number of carbonyl (C=O) groups is 1. The van der Waals surface area contributed by atoms with E-state index in [0.29, 0.717) is 24.6 Å². The van der Waals surface area contributed by atoms with E-state index in [-0.39, 0.29) is 0 Å². The lowest BCUT2D eigenvalue weighted by Crippen LogP contribution is -2.36. The zero-order chi connectivity index (χ0) is 12.3. The fraction of sp³-hybridized carbons (Fsp3) is 0.455. The largest absolute Gasteiger partial charge is 0.479 e. The number of hydrogen-bond donors (Lipinski definition) is 2. The summed E-state index contributed by atoms with van der Waals surface area (Å²) < 4.78 is 5.22. The molecule has 1 atom stereocenters. The maximum Gasteiger partial charge on any atom is 0.337 e. The molecule has 1 fully saturated rings. The standard InChI is InChI=1S/C11H14N2O4/c14-10(11(15)16)8-1-2-12-9(7-8)13-3-5-17-6-4-13/h1-2,7,10,14H,3-6H2,(H,15,16). The van der Waals surface area contributed by atoms with Gasteiger partial charge in [0.15, 0.2) is 6.10 Å². The van der Waals surface area contributed by atoms with Gasteiger partial charge in [-0.2, -0.15) is 0 Å². The molecule has 0 amide bonds. The molecule has 0 aromatic carbocycles. The minimum absolute atomic E-state index is 0.342. The summed E-state index contributed by atoms with van der Waals surface area (Å²) in [5.74, 6) is -0.588. The van der Waals surface area contributed by atoms with E-state index in [9.17, 15) is 9.90 Å². The van der Waals surface area contributed by atoms with Crippen molar-refractivity contribution >= 4 is 11.8 Å². The number of aliphatic carboxylic acids is 1. The molecule has 0 spiro atoms. The van der Waals surface area contributed by atoms with Crippen LogP contribution in [0.15, 0.2) is 18.3 Å². The molecule has 0 radical (unpaired) electrons. The van der Waals surface area contributed by atoms with Crippen molar-refractivity contribution in [2.45, 2.75) is 6.10 Å². The third-order valence-corrected chi connectivity index (χ3v) is 2.65. The van der Waals surface area contributed by atoms with Crippen molar-refractivity contribution in [1.29, 1.82) is 0 Å². The number of hydrogen-bond acceptors (Lipinski definition) is 5. The number of aliphatic hydroxyl groups excluding tert-OH is 1. The predicted molar refractivity (Wildman–Crippen MR) is 59.9 cm³/mol. The molecule has 6 nitrogen and oxygen atoms in total. The van der Waals surface area contributed by atoms with Crippen LogP contribution in [0, 0.1) is 0 Å². The van der Waals surface area contributed by atoms with Crippen molar-refractivity contribution < 1.29 is 19.7 Å². The van der Waals surface area contributed by atoms with E-state index in [1.807, 2.05) is 4.90 Å². The highest BCUT2D eigenvalue weighted by Crippen LogP contribution is 2.19. The summed E-state index contributed by atoms with van der Waals surface area (Å²) in [6, 6.07) is 3.10. The average Bonchev–Trinajstić information content (AvgIpc) is 2.39. The molecular formula is C11H14N2O4. The molecule has 1 aromatic heterocycles. The van der Waals surface area contributed by atoms with E-state index >= 15 is 0 Å². The molecule has 2 N–H and O–H groups in total. The van der Waals surface area contributed by atoms with Gasteiger partial charge in [-0.1, -0.05) is 0 Å². The van der Waals surface area contributed by atoms with Gasteiger partial charge in [-0.3, -0.25) is 0 Å². The van der Waals surface area contributed by atoms with Crippen molar-refractivity contribution in [1.82, 2.24) is 4.98 Å². The second kappa shape index (κ2) is 5.11. The molecule has 92 valence electrons. The van der Waals surface area contributed by atoms with E-state index in [2.05, 4.69) is 4.98 Å². The Morgan fingerprint density at radius 2 is 2.18 bits per heavy atom. The summed E-state index contributed by atoms with van der Waals surface area (Å²) in [6.45, 7) is 2.71. The van der Waals surface area contributed by atoms with Gasteiger partial charge in [-0.05, 0) is 17.7 Å². The monoisotopic (exact) mass is 238 g/mol. The number of aromatic nitrogens is 1. The Kier molecular flexibility index (Phi) is 3.55. The van der Waals surface area contributed by atoms with Crippen molar-refractivity contribution in [2.75, 3.05) is 31.2 Å². The minimum Gasteiger partial charge on any atom is -0.479 e. The topological polar surface area (TPSA) is 82.9 Å². The van der Waals surface area contributed by atoms with Gasteiger partial charge >= 0.3 is 5.97 Å². The van der Waals surface area contributed by atoms with E-state index in [0.717, 1.165) is 13.1 Å². The van der Waals surface area contributed by atoms with Crippen LogP contribution in [0.4, 0.5) is 5.82 Å². The highest BCUT2D eigenvalue weighted by Gasteiger charge is 2.18. The number of nitrogens with zero attached hydrogens (tertiary/aromatic N) is 2. The number of anilines is 1. The fourth-order valence-corrected chi connectivity index (χ4v) is 1.71. The van der Waals surface area contributed by atoms with Crippen LogP contribution in [0.25, 0.3) is 0 Å². The number of pyridine rings is 1. The maximum atomic E-state index is 10.7. The lowest BCUT2D eigenvalue weighted by Gasteiger charge is -2.28. The molecule has 2 rings (SSSR count). The van der Waals surface area contributed by atoms with Crippen LogP contribution in [0.3, 0.4) is 0 Å². The van der Waals surface area contributed by atoms with Gasteiger partial charge in [-0.15, -0.1) is 0 Å². The summed E-state index contributed by atoms with van der Waals surface area (Å²) >= 11 is 0. The van der Waals surface area contributed by atoms with E-state index in [4.69, 9.17) is 9.84 Å². The first-order chi connectivity index (χ1) is 8.18. The first kappa shape index (κ1) is 11.8. The van der Waals surface area contributed by atoms with E-state index in [1.54, 1.807) is 6.07 Å². The van der Waals surface area contributed by atoms with E-state index < -0.39 is 12.1 Å². The first-order valence-corrected chi connectivity index (χ1v) is 5.38. The van der Waals surface area contributed by atoms with Crippen molar-refractivity contribution in [2.24, 2.45) is 0 Å². The summed E-state index contributed by atoms with van der Waals surface area (Å²) in [6.07, 6.45) is 0.00419. The Labute approximate surface area is 98.5 Å². The fourth-order valence-electron chi connectivity index (χ4n) is 1.71. The molecule has 6 heteroatoms. The van der Waals surface area contributed by atoms with Gasteiger partial charge in [0.2, 0.25) is 0 Å². The Bertz CT molecular complexity index is 404. The molecule has 1 aromatic rings. The van der Waals surface area contributed by atoms with Gasteiger partial charge in [0.25, 0.3) is 0 Å². The van der Waals surface area contributed by atoms with Gasteiger partial charge in [0.05, 0.1) is 13.2 Å². The van der Waals surface area contributed by atoms with Crippen LogP contribution in [0.2, 0.25) is 0 Å². The summed E-state index contributed by atoms with van der Waals surface area (Å²) in [7, 11) is 0. The lowest BCUT2D eigenvalue weighted by atomic mass is 10.1. The highest BCUT2D eigenvalue weighted by atomic mass is 16.5. The van der Waals surface area contributed by atoms with Crippen LogP contribution >= 0.6 is 0 Å². The lowest BCUT2D eigenvalue weighted by molar-refractivity contribution is -0.146. The van der Waals surface area contributed by atoms with Gasteiger partial charge < -0.3 is 19.8 Å². The molecule has 0 saturated carbocycles. The third kappa shape index (κ3) is 2.72. The van der Waals surface area contributed by atoms with Crippen LogP contribution in [-0.2, 0) is 9.53 Å². The summed E-state index contributed by atoms with van der Waals surface area (Å²) in [4.78, 5) is 16.9. The molecule has 0 aliphatic carbocycles. The molecule has 1 aliphatic rings. The van der Waals surface area contributed by atoms with Crippen LogP contribution in [0.1, 0.15) is 11.7 Å². The van der Waals surface area contributed by atoms with Crippen LogP contribution < -0.4 is 4.90 Å². The molecule has 0 bridgehead atoms. The van der Waals surface area contributed by atoms with Gasteiger partial charge in [0.1, 0.15) is 5.82 Å². The highest BCUT2D eigenvalue weighted by molar-refractivity contribution is 5.74. The molecule has 17 heavy (non-hydrogen) atoms.